The molecule has 0 aliphatic heterocycles. The molecule has 0 amide bonds. The maximum atomic E-state index is 4.11. The highest BCUT2D eigenvalue weighted by Gasteiger charge is 2.09. The standard InChI is InChI=1S/C14H13N3/c1-10-15-16-11(2)17(10)14-9-5-7-12-6-3-4-8-13(12)14/h3-9H,1-2H3. The molecule has 0 saturated carbocycles. The zero-order valence-corrected chi connectivity index (χ0v) is 9.88. The molecule has 1 heterocycles. The maximum Gasteiger partial charge on any atom is 0.134 e. The van der Waals surface area contributed by atoms with Crippen molar-refractivity contribution in [2.75, 3.05) is 0 Å². The molecule has 0 fully saturated rings. The van der Waals surface area contributed by atoms with E-state index in [-0.39, 0.29) is 0 Å². The van der Waals surface area contributed by atoms with Crippen LogP contribution in [-0.4, -0.2) is 14.8 Å². The molecule has 84 valence electrons. The topological polar surface area (TPSA) is 30.7 Å². The molecule has 3 heteroatoms. The Labute approximate surface area is 99.7 Å². The predicted molar refractivity (Wildman–Crippen MR) is 68.3 cm³/mol. The van der Waals surface area contributed by atoms with Crippen LogP contribution in [0, 0.1) is 13.8 Å². The van der Waals surface area contributed by atoms with Crippen molar-refractivity contribution in [2.24, 2.45) is 0 Å². The van der Waals surface area contributed by atoms with E-state index in [9.17, 15) is 0 Å². The van der Waals surface area contributed by atoms with E-state index in [0.717, 1.165) is 17.3 Å². The van der Waals surface area contributed by atoms with Crippen LogP contribution in [0.15, 0.2) is 42.5 Å². The first kappa shape index (κ1) is 10.0. The fourth-order valence-corrected chi connectivity index (χ4v) is 2.22. The highest BCUT2D eigenvalue weighted by atomic mass is 15.3. The Balaban J connectivity index is 2.38. The van der Waals surface area contributed by atoms with Gasteiger partial charge in [-0.2, -0.15) is 0 Å². The summed E-state index contributed by atoms with van der Waals surface area (Å²) in [4.78, 5) is 0. The van der Waals surface area contributed by atoms with E-state index >= 15 is 0 Å². The average Bonchev–Trinajstić information content (AvgIpc) is 2.69. The second-order valence-electron chi connectivity index (χ2n) is 4.13. The second kappa shape index (κ2) is 3.70. The molecule has 3 aromatic rings. The zero-order chi connectivity index (χ0) is 11.8. The first-order valence-corrected chi connectivity index (χ1v) is 5.64. The minimum Gasteiger partial charge on any atom is -0.283 e. The monoisotopic (exact) mass is 223 g/mol. The maximum absolute atomic E-state index is 4.11. The molecule has 0 unspecified atom stereocenters. The first-order chi connectivity index (χ1) is 8.27. The summed E-state index contributed by atoms with van der Waals surface area (Å²) in [6.07, 6.45) is 0. The summed E-state index contributed by atoms with van der Waals surface area (Å²) in [5, 5.41) is 10.7. The van der Waals surface area contributed by atoms with Gasteiger partial charge in [0.05, 0.1) is 5.69 Å². The number of benzene rings is 2. The summed E-state index contributed by atoms with van der Waals surface area (Å²) < 4.78 is 2.09. The van der Waals surface area contributed by atoms with Gasteiger partial charge in [0.1, 0.15) is 11.6 Å². The molecule has 0 spiro atoms. The summed E-state index contributed by atoms with van der Waals surface area (Å²) >= 11 is 0. The van der Waals surface area contributed by atoms with Crippen molar-refractivity contribution in [1.29, 1.82) is 0 Å². The first-order valence-electron chi connectivity index (χ1n) is 5.64. The Morgan fingerprint density at radius 1 is 0.824 bits per heavy atom. The van der Waals surface area contributed by atoms with E-state index in [1.165, 1.54) is 10.8 Å². The van der Waals surface area contributed by atoms with Crippen LogP contribution in [0.3, 0.4) is 0 Å². The minimum absolute atomic E-state index is 0.916. The molecule has 0 N–H and O–H groups in total. The SMILES string of the molecule is Cc1nnc(C)n1-c1cccc2ccccc12. The van der Waals surface area contributed by atoms with Gasteiger partial charge < -0.3 is 0 Å². The number of hydrogen-bond acceptors (Lipinski definition) is 2. The molecule has 0 aliphatic carbocycles. The van der Waals surface area contributed by atoms with Gasteiger partial charge in [-0.15, -0.1) is 10.2 Å². The van der Waals surface area contributed by atoms with Crippen LogP contribution in [0.25, 0.3) is 16.5 Å². The van der Waals surface area contributed by atoms with E-state index in [1.54, 1.807) is 0 Å². The molecule has 3 nitrogen and oxygen atoms in total. The van der Waals surface area contributed by atoms with E-state index in [4.69, 9.17) is 0 Å². The lowest BCUT2D eigenvalue weighted by atomic mass is 10.1. The number of rotatable bonds is 1. The third-order valence-corrected chi connectivity index (χ3v) is 2.99. The molecule has 17 heavy (non-hydrogen) atoms. The van der Waals surface area contributed by atoms with Gasteiger partial charge in [0.25, 0.3) is 0 Å². The van der Waals surface area contributed by atoms with Gasteiger partial charge in [-0.05, 0) is 25.3 Å². The van der Waals surface area contributed by atoms with Crippen LogP contribution in [0.2, 0.25) is 0 Å². The van der Waals surface area contributed by atoms with Gasteiger partial charge in [-0.3, -0.25) is 4.57 Å². The largest absolute Gasteiger partial charge is 0.283 e. The smallest absolute Gasteiger partial charge is 0.134 e. The number of nitrogens with zero attached hydrogens (tertiary/aromatic N) is 3. The minimum atomic E-state index is 0.916. The summed E-state index contributed by atoms with van der Waals surface area (Å²) in [6, 6.07) is 14.6. The van der Waals surface area contributed by atoms with Crippen molar-refractivity contribution in [3.8, 4) is 5.69 Å². The second-order valence-corrected chi connectivity index (χ2v) is 4.13. The summed E-state index contributed by atoms with van der Waals surface area (Å²) in [6.45, 7) is 3.95. The third kappa shape index (κ3) is 1.51. The molecular weight excluding hydrogens is 210 g/mol. The van der Waals surface area contributed by atoms with Crippen LogP contribution in [0.5, 0.6) is 0 Å². The van der Waals surface area contributed by atoms with Crippen LogP contribution >= 0.6 is 0 Å². The molecular formula is C14H13N3. The average molecular weight is 223 g/mol. The highest BCUT2D eigenvalue weighted by Crippen LogP contribution is 2.23. The van der Waals surface area contributed by atoms with Gasteiger partial charge in [-0.25, -0.2) is 0 Å². The van der Waals surface area contributed by atoms with Crippen molar-refractivity contribution < 1.29 is 0 Å². The van der Waals surface area contributed by atoms with Gasteiger partial charge in [0, 0.05) is 5.39 Å². The van der Waals surface area contributed by atoms with Crippen LogP contribution in [0.1, 0.15) is 11.6 Å². The van der Waals surface area contributed by atoms with Crippen LogP contribution < -0.4 is 0 Å². The van der Waals surface area contributed by atoms with E-state index in [0.29, 0.717) is 0 Å². The lowest BCUT2D eigenvalue weighted by molar-refractivity contribution is 0.945. The molecule has 0 atom stereocenters. The fraction of sp³-hybridized carbons (Fsp3) is 0.143. The molecule has 0 bridgehead atoms. The Kier molecular flexibility index (Phi) is 2.18. The lowest BCUT2D eigenvalue weighted by Crippen LogP contribution is -2.00. The normalized spacial score (nSPS) is 10.9. The van der Waals surface area contributed by atoms with Gasteiger partial charge in [-0.1, -0.05) is 36.4 Å². The van der Waals surface area contributed by atoms with Crippen molar-refractivity contribution >= 4 is 10.8 Å². The van der Waals surface area contributed by atoms with Gasteiger partial charge in [0.2, 0.25) is 0 Å². The highest BCUT2D eigenvalue weighted by molar-refractivity contribution is 5.90. The molecule has 1 aromatic heterocycles. The summed E-state index contributed by atoms with van der Waals surface area (Å²) in [7, 11) is 0. The Hall–Kier alpha value is -2.16. The third-order valence-electron chi connectivity index (χ3n) is 2.99. The van der Waals surface area contributed by atoms with Crippen molar-refractivity contribution in [3.05, 3.63) is 54.1 Å². The molecule has 0 aliphatic rings. The lowest BCUT2D eigenvalue weighted by Gasteiger charge is -2.09. The van der Waals surface area contributed by atoms with E-state index < -0.39 is 0 Å². The van der Waals surface area contributed by atoms with Crippen LogP contribution in [-0.2, 0) is 0 Å². The Morgan fingerprint density at radius 2 is 1.47 bits per heavy atom. The number of hydrogen-bond donors (Lipinski definition) is 0. The summed E-state index contributed by atoms with van der Waals surface area (Å²) in [5.41, 5.74) is 1.14. The molecule has 0 saturated heterocycles. The number of fused-ring (bicyclic) bond motifs is 1. The molecule has 0 radical (unpaired) electrons. The van der Waals surface area contributed by atoms with Gasteiger partial charge >= 0.3 is 0 Å². The Morgan fingerprint density at radius 3 is 2.24 bits per heavy atom. The fourth-order valence-electron chi connectivity index (χ4n) is 2.22. The molecule has 3 rings (SSSR count). The van der Waals surface area contributed by atoms with Gasteiger partial charge in [0.15, 0.2) is 0 Å². The number of aryl methyl sites for hydroxylation is 2. The quantitative estimate of drug-likeness (QED) is 0.634. The number of aromatic nitrogens is 3. The van der Waals surface area contributed by atoms with Crippen molar-refractivity contribution in [2.45, 2.75) is 13.8 Å². The zero-order valence-electron chi connectivity index (χ0n) is 9.88. The predicted octanol–water partition coefficient (Wildman–Crippen LogP) is 3.04. The van der Waals surface area contributed by atoms with Crippen molar-refractivity contribution in [1.82, 2.24) is 14.8 Å². The van der Waals surface area contributed by atoms with Crippen molar-refractivity contribution in [3.63, 3.8) is 0 Å². The summed E-state index contributed by atoms with van der Waals surface area (Å²) in [5.74, 6) is 1.83. The van der Waals surface area contributed by atoms with Crippen LogP contribution in [0.4, 0.5) is 0 Å². The van der Waals surface area contributed by atoms with E-state index in [2.05, 4.69) is 57.2 Å². The Bertz CT molecular complexity index is 658. The van der Waals surface area contributed by atoms with E-state index in [1.807, 2.05) is 13.8 Å². The molecule has 2 aromatic carbocycles.